The molecule has 0 atom stereocenters. The van der Waals surface area contributed by atoms with Crippen molar-refractivity contribution in [2.75, 3.05) is 64.7 Å². The number of carbonyl (C=O) groups excluding carboxylic acids is 2. The van der Waals surface area contributed by atoms with E-state index < -0.39 is 0 Å². The largest absolute Gasteiger partial charge is 0.493 e. The van der Waals surface area contributed by atoms with Gasteiger partial charge in [0.15, 0.2) is 11.5 Å². The maximum Gasteiger partial charge on any atom is 0.251 e. The predicted octanol–water partition coefficient (Wildman–Crippen LogP) is 3.10. The van der Waals surface area contributed by atoms with Crippen molar-refractivity contribution in [2.45, 2.75) is 6.92 Å². The van der Waals surface area contributed by atoms with Crippen LogP contribution in [0.4, 0.5) is 11.4 Å². The number of ether oxygens (including phenoxy) is 2. The Morgan fingerprint density at radius 3 is 2.12 bits per heavy atom. The number of carbonyl (C=O) groups is 2. The molecule has 33 heavy (non-hydrogen) atoms. The highest BCUT2D eigenvalue weighted by atomic mass is 16.5. The van der Waals surface area contributed by atoms with Crippen LogP contribution in [0.3, 0.4) is 0 Å². The van der Waals surface area contributed by atoms with Crippen LogP contribution in [-0.2, 0) is 4.79 Å². The number of rotatable bonds is 7. The van der Waals surface area contributed by atoms with Gasteiger partial charge < -0.3 is 34.7 Å². The van der Waals surface area contributed by atoms with Crippen molar-refractivity contribution in [1.29, 1.82) is 0 Å². The van der Waals surface area contributed by atoms with Gasteiger partial charge in [0.25, 0.3) is 5.91 Å². The Hall–Kier alpha value is -3.52. The number of nitrogens with zero attached hydrogens (tertiary/aromatic N) is 2. The van der Waals surface area contributed by atoms with Gasteiger partial charge in [0.05, 0.1) is 19.8 Å². The molecule has 0 aliphatic carbocycles. The van der Waals surface area contributed by atoms with Gasteiger partial charge in [0.2, 0.25) is 0 Å². The van der Waals surface area contributed by atoms with Crippen LogP contribution in [0.25, 0.3) is 6.08 Å². The second kappa shape index (κ2) is 13.1. The summed E-state index contributed by atoms with van der Waals surface area (Å²) in [6.07, 6.45) is 4.42. The van der Waals surface area contributed by atoms with Gasteiger partial charge in [-0.15, -0.1) is 0 Å². The van der Waals surface area contributed by atoms with Crippen LogP contribution in [-0.4, -0.2) is 71.6 Å². The minimum Gasteiger partial charge on any atom is -0.493 e. The molecule has 2 aromatic rings. The number of aldehydes is 1. The average Bonchev–Trinajstić information content (AvgIpc) is 2.84. The van der Waals surface area contributed by atoms with Crippen molar-refractivity contribution in [1.82, 2.24) is 10.2 Å². The summed E-state index contributed by atoms with van der Waals surface area (Å²) in [5.41, 5.74) is 3.46. The second-order valence-corrected chi connectivity index (χ2v) is 7.42. The molecule has 2 aromatic carbocycles. The fourth-order valence-electron chi connectivity index (χ4n) is 3.42. The standard InChI is InChI=1S/C23H30N4O3.C2H4O/c1-24-23(28)20-16-22(30-4)21(29-3)15-17(20)9-10-25-18-5-7-19(8-6-18)27-13-11-26(2)12-14-27;1-2-3/h5-10,15-16,25H,11-14H2,1-4H3,(H,24,28);2H,1H3/b10-9+;. The normalized spacial score (nSPS) is 13.7. The maximum absolute atomic E-state index is 12.3. The van der Waals surface area contributed by atoms with E-state index >= 15 is 0 Å². The Morgan fingerprint density at radius 1 is 1.00 bits per heavy atom. The Labute approximate surface area is 196 Å². The fraction of sp³-hybridized carbons (Fsp3) is 0.360. The number of hydrogen-bond acceptors (Lipinski definition) is 7. The molecule has 1 aliphatic rings. The van der Waals surface area contributed by atoms with Gasteiger partial charge >= 0.3 is 0 Å². The lowest BCUT2D eigenvalue weighted by Crippen LogP contribution is -2.44. The fourth-order valence-corrected chi connectivity index (χ4v) is 3.42. The molecule has 3 rings (SSSR count). The zero-order chi connectivity index (χ0) is 24.2. The Kier molecular flexibility index (Phi) is 10.2. The van der Waals surface area contributed by atoms with Crippen LogP contribution in [0.5, 0.6) is 11.5 Å². The monoisotopic (exact) mass is 454 g/mol. The van der Waals surface area contributed by atoms with Crippen LogP contribution in [0.1, 0.15) is 22.8 Å². The molecule has 0 spiro atoms. The molecule has 2 N–H and O–H groups in total. The van der Waals surface area contributed by atoms with E-state index in [1.54, 1.807) is 33.4 Å². The lowest BCUT2D eigenvalue weighted by atomic mass is 10.1. The first kappa shape index (κ1) is 25.7. The summed E-state index contributed by atoms with van der Waals surface area (Å²) >= 11 is 0. The number of hydrogen-bond donors (Lipinski definition) is 2. The Morgan fingerprint density at radius 2 is 1.58 bits per heavy atom. The summed E-state index contributed by atoms with van der Waals surface area (Å²) in [4.78, 5) is 25.8. The highest BCUT2D eigenvalue weighted by Crippen LogP contribution is 2.31. The van der Waals surface area contributed by atoms with Crippen molar-refractivity contribution in [2.24, 2.45) is 0 Å². The SMILES string of the molecule is CC=O.CNC(=O)c1cc(OC)c(OC)cc1/C=C/Nc1ccc(N2CCN(C)CC2)cc1. The topological polar surface area (TPSA) is 83.1 Å². The van der Waals surface area contributed by atoms with Gasteiger partial charge in [0.1, 0.15) is 6.29 Å². The number of nitrogens with one attached hydrogen (secondary N) is 2. The third kappa shape index (κ3) is 7.25. The van der Waals surface area contributed by atoms with E-state index in [1.807, 2.05) is 12.3 Å². The molecule has 0 bridgehead atoms. The molecule has 0 unspecified atom stereocenters. The molecular weight excluding hydrogens is 420 g/mol. The quantitative estimate of drug-likeness (QED) is 0.622. The lowest BCUT2D eigenvalue weighted by Gasteiger charge is -2.34. The molecule has 1 heterocycles. The minimum atomic E-state index is -0.188. The van der Waals surface area contributed by atoms with Crippen molar-refractivity contribution in [3.8, 4) is 11.5 Å². The molecule has 1 aliphatic heterocycles. The van der Waals surface area contributed by atoms with Gasteiger partial charge in [0, 0.05) is 50.8 Å². The van der Waals surface area contributed by atoms with Crippen LogP contribution in [0.15, 0.2) is 42.6 Å². The summed E-state index contributed by atoms with van der Waals surface area (Å²) in [6, 6.07) is 11.9. The summed E-state index contributed by atoms with van der Waals surface area (Å²) in [7, 11) is 6.89. The van der Waals surface area contributed by atoms with Crippen LogP contribution >= 0.6 is 0 Å². The first-order chi connectivity index (χ1) is 16.0. The van der Waals surface area contributed by atoms with Gasteiger partial charge in [-0.3, -0.25) is 4.79 Å². The van der Waals surface area contributed by atoms with E-state index in [2.05, 4.69) is 51.7 Å². The van der Waals surface area contributed by atoms with Gasteiger partial charge in [-0.2, -0.15) is 0 Å². The summed E-state index contributed by atoms with van der Waals surface area (Å²) in [5.74, 6) is 0.897. The minimum absolute atomic E-state index is 0.188. The summed E-state index contributed by atoms with van der Waals surface area (Å²) < 4.78 is 10.7. The zero-order valence-electron chi connectivity index (χ0n) is 20.1. The van der Waals surface area contributed by atoms with E-state index in [4.69, 9.17) is 14.3 Å². The van der Waals surface area contributed by atoms with E-state index in [1.165, 1.54) is 12.6 Å². The van der Waals surface area contributed by atoms with Crippen LogP contribution < -0.4 is 25.0 Å². The van der Waals surface area contributed by atoms with E-state index in [-0.39, 0.29) is 5.91 Å². The summed E-state index contributed by atoms with van der Waals surface area (Å²) in [5, 5.41) is 5.93. The molecule has 8 nitrogen and oxygen atoms in total. The highest BCUT2D eigenvalue weighted by molar-refractivity contribution is 5.98. The summed E-state index contributed by atoms with van der Waals surface area (Å²) in [6.45, 7) is 5.71. The molecule has 178 valence electrons. The van der Waals surface area contributed by atoms with E-state index in [9.17, 15) is 4.79 Å². The van der Waals surface area contributed by atoms with Gasteiger partial charge in [-0.1, -0.05) is 0 Å². The van der Waals surface area contributed by atoms with Crippen molar-refractivity contribution in [3.63, 3.8) is 0 Å². The Balaban J connectivity index is 0.00000122. The first-order valence-corrected chi connectivity index (χ1v) is 10.8. The van der Waals surface area contributed by atoms with Crippen LogP contribution in [0.2, 0.25) is 0 Å². The molecule has 0 aromatic heterocycles. The lowest BCUT2D eigenvalue weighted by molar-refractivity contribution is -0.106. The first-order valence-electron chi connectivity index (χ1n) is 10.8. The number of likely N-dealkylation sites (N-methyl/N-ethyl adjacent to an activating group) is 1. The number of benzene rings is 2. The molecule has 1 fully saturated rings. The number of anilines is 2. The number of piperazine rings is 1. The van der Waals surface area contributed by atoms with Gasteiger partial charge in [-0.05, 0) is 62.0 Å². The van der Waals surface area contributed by atoms with Crippen LogP contribution in [0, 0.1) is 0 Å². The molecule has 1 amide bonds. The van der Waals surface area contributed by atoms with E-state index in [0.29, 0.717) is 17.1 Å². The third-order valence-electron chi connectivity index (χ3n) is 5.28. The molecular formula is C25H34N4O4. The van der Waals surface area contributed by atoms with E-state index in [0.717, 1.165) is 43.7 Å². The molecule has 8 heteroatoms. The average molecular weight is 455 g/mol. The maximum atomic E-state index is 12.3. The Bertz CT molecular complexity index is 936. The predicted molar refractivity (Wildman–Crippen MR) is 133 cm³/mol. The van der Waals surface area contributed by atoms with Crippen molar-refractivity contribution >= 4 is 29.6 Å². The molecule has 0 saturated carbocycles. The highest BCUT2D eigenvalue weighted by Gasteiger charge is 2.15. The second-order valence-electron chi connectivity index (χ2n) is 7.42. The smallest absolute Gasteiger partial charge is 0.251 e. The number of methoxy groups -OCH3 is 2. The van der Waals surface area contributed by atoms with Gasteiger partial charge in [-0.25, -0.2) is 0 Å². The van der Waals surface area contributed by atoms with Crippen molar-refractivity contribution < 1.29 is 19.1 Å². The zero-order valence-corrected chi connectivity index (χ0v) is 20.1. The molecule has 0 radical (unpaired) electrons. The molecule has 1 saturated heterocycles. The number of amides is 1. The third-order valence-corrected chi connectivity index (χ3v) is 5.28. The van der Waals surface area contributed by atoms with Crippen molar-refractivity contribution in [3.05, 3.63) is 53.7 Å².